The highest BCUT2D eigenvalue weighted by Crippen LogP contribution is 2.12. The zero-order valence-corrected chi connectivity index (χ0v) is 13.5. The van der Waals surface area contributed by atoms with Crippen molar-refractivity contribution in [1.29, 1.82) is 0 Å². The molecule has 1 heterocycles. The van der Waals surface area contributed by atoms with Gasteiger partial charge in [-0.3, -0.25) is 9.48 Å². The number of nitrogens with zero attached hydrogens (tertiary/aromatic N) is 2. The number of nitrogens with one attached hydrogen (secondary N) is 1. The van der Waals surface area contributed by atoms with E-state index in [0.29, 0.717) is 13.1 Å². The van der Waals surface area contributed by atoms with Gasteiger partial charge in [0, 0.05) is 12.2 Å². The first kappa shape index (κ1) is 16.7. The molecule has 1 N–H and O–H groups in total. The van der Waals surface area contributed by atoms with E-state index < -0.39 is 6.10 Å². The van der Waals surface area contributed by atoms with Gasteiger partial charge in [-0.25, -0.2) is 0 Å². The van der Waals surface area contributed by atoms with E-state index in [1.807, 2.05) is 25.5 Å². The third-order valence-corrected chi connectivity index (χ3v) is 3.35. The van der Waals surface area contributed by atoms with Gasteiger partial charge in [-0.05, 0) is 46.6 Å². The Morgan fingerprint density at radius 3 is 2.50 bits per heavy atom. The van der Waals surface area contributed by atoms with Gasteiger partial charge in [0.1, 0.15) is 6.10 Å². The van der Waals surface area contributed by atoms with Crippen molar-refractivity contribution in [2.45, 2.75) is 66.7 Å². The molecule has 0 saturated heterocycles. The molecule has 114 valence electrons. The molecule has 5 nitrogen and oxygen atoms in total. The van der Waals surface area contributed by atoms with Crippen LogP contribution in [0.1, 0.15) is 44.6 Å². The second kappa shape index (κ2) is 7.43. The Hall–Kier alpha value is -1.36. The molecule has 0 unspecified atom stereocenters. The van der Waals surface area contributed by atoms with E-state index in [-0.39, 0.29) is 12.0 Å². The second-order valence-electron chi connectivity index (χ2n) is 5.34. The zero-order valence-electron chi connectivity index (χ0n) is 13.5. The van der Waals surface area contributed by atoms with Gasteiger partial charge in [-0.15, -0.1) is 0 Å². The largest absolute Gasteiger partial charge is 0.366 e. The fourth-order valence-corrected chi connectivity index (χ4v) is 2.36. The number of aryl methyl sites for hydroxylation is 1. The Bertz CT molecular complexity index is 452. The second-order valence-corrected chi connectivity index (χ2v) is 5.34. The summed E-state index contributed by atoms with van der Waals surface area (Å²) in [5.74, 6) is -0.0732. The molecule has 1 rings (SSSR count). The van der Waals surface area contributed by atoms with E-state index >= 15 is 0 Å². The zero-order chi connectivity index (χ0) is 15.3. The maximum atomic E-state index is 11.8. The number of amides is 1. The lowest BCUT2D eigenvalue weighted by atomic mass is 10.1. The van der Waals surface area contributed by atoms with Crippen molar-refractivity contribution >= 4 is 5.91 Å². The number of ether oxygens (including phenoxy) is 1. The van der Waals surface area contributed by atoms with Crippen LogP contribution >= 0.6 is 0 Å². The van der Waals surface area contributed by atoms with Crippen LogP contribution in [0.2, 0.25) is 0 Å². The van der Waals surface area contributed by atoms with Gasteiger partial charge in [0.15, 0.2) is 0 Å². The Kier molecular flexibility index (Phi) is 6.20. The number of aromatic nitrogens is 2. The van der Waals surface area contributed by atoms with Crippen LogP contribution in [-0.2, 0) is 22.5 Å². The quantitative estimate of drug-likeness (QED) is 0.831. The third-order valence-electron chi connectivity index (χ3n) is 3.35. The summed E-state index contributed by atoms with van der Waals surface area (Å²) in [7, 11) is 0. The number of rotatable bonds is 7. The summed E-state index contributed by atoms with van der Waals surface area (Å²) in [5.41, 5.74) is 3.56. The van der Waals surface area contributed by atoms with E-state index in [1.54, 1.807) is 6.92 Å². The molecule has 0 aliphatic carbocycles. The van der Waals surface area contributed by atoms with Gasteiger partial charge in [-0.2, -0.15) is 5.10 Å². The van der Waals surface area contributed by atoms with Crippen molar-refractivity contribution in [3.8, 4) is 0 Å². The van der Waals surface area contributed by atoms with E-state index in [1.165, 1.54) is 11.3 Å². The number of hydrogen-bond acceptors (Lipinski definition) is 3. The van der Waals surface area contributed by atoms with Crippen LogP contribution in [0.15, 0.2) is 0 Å². The lowest BCUT2D eigenvalue weighted by Gasteiger charge is -2.16. The van der Waals surface area contributed by atoms with Crippen LogP contribution in [0.4, 0.5) is 0 Å². The van der Waals surface area contributed by atoms with Gasteiger partial charge in [0.25, 0.3) is 0 Å². The highest BCUT2D eigenvalue weighted by atomic mass is 16.5. The molecule has 1 amide bonds. The monoisotopic (exact) mass is 281 g/mol. The third kappa shape index (κ3) is 4.34. The summed E-state index contributed by atoms with van der Waals surface area (Å²) >= 11 is 0. The molecular formula is C15H27N3O2. The normalized spacial score (nSPS) is 12.8. The Morgan fingerprint density at radius 1 is 1.35 bits per heavy atom. The first-order valence-electron chi connectivity index (χ1n) is 7.32. The number of hydrogen-bond donors (Lipinski definition) is 1. The first-order chi connectivity index (χ1) is 9.36. The fourth-order valence-electron chi connectivity index (χ4n) is 2.36. The molecule has 1 aromatic heterocycles. The molecule has 0 aliphatic rings. The summed E-state index contributed by atoms with van der Waals surface area (Å²) in [6.45, 7) is 13.1. The highest BCUT2D eigenvalue weighted by molar-refractivity contribution is 5.80. The van der Waals surface area contributed by atoms with Gasteiger partial charge in [0.2, 0.25) is 5.91 Å². The van der Waals surface area contributed by atoms with Crippen molar-refractivity contribution in [1.82, 2.24) is 15.1 Å². The van der Waals surface area contributed by atoms with Crippen LogP contribution in [0.25, 0.3) is 0 Å². The van der Waals surface area contributed by atoms with Crippen molar-refractivity contribution in [3.05, 3.63) is 17.0 Å². The summed E-state index contributed by atoms with van der Waals surface area (Å²) < 4.78 is 7.41. The first-order valence-corrected chi connectivity index (χ1v) is 7.32. The predicted molar refractivity (Wildman–Crippen MR) is 79.8 cm³/mol. The Labute approximate surface area is 121 Å². The van der Waals surface area contributed by atoms with Crippen LogP contribution in [0, 0.1) is 13.8 Å². The number of carbonyl (C=O) groups excluding carboxylic acids is 1. The Balaban J connectivity index is 2.47. The number of carbonyl (C=O) groups is 1. The van der Waals surface area contributed by atoms with E-state index in [4.69, 9.17) is 4.74 Å². The van der Waals surface area contributed by atoms with Crippen molar-refractivity contribution in [2.24, 2.45) is 0 Å². The maximum absolute atomic E-state index is 11.8. The standard InChI is InChI=1S/C15H27N3O2/c1-7-14-11(4)17-18(12(14)5)9-8-16-15(19)13(6)20-10(2)3/h10,13H,7-9H2,1-6H3,(H,16,19)/t13-/m0/s1. The van der Waals surface area contributed by atoms with Crippen molar-refractivity contribution in [3.63, 3.8) is 0 Å². The van der Waals surface area contributed by atoms with Gasteiger partial charge < -0.3 is 10.1 Å². The molecule has 0 saturated carbocycles. The Morgan fingerprint density at radius 2 is 2.00 bits per heavy atom. The molecule has 0 aromatic carbocycles. The van der Waals surface area contributed by atoms with Gasteiger partial charge in [-0.1, -0.05) is 6.92 Å². The molecule has 0 spiro atoms. The molecule has 1 atom stereocenters. The molecule has 0 fully saturated rings. The van der Waals surface area contributed by atoms with E-state index in [0.717, 1.165) is 12.1 Å². The van der Waals surface area contributed by atoms with Gasteiger partial charge in [0.05, 0.1) is 18.3 Å². The van der Waals surface area contributed by atoms with Crippen LogP contribution in [-0.4, -0.2) is 34.4 Å². The molecule has 0 bridgehead atoms. The molecule has 5 heteroatoms. The summed E-state index contributed by atoms with van der Waals surface area (Å²) in [4.78, 5) is 11.8. The average Bonchev–Trinajstić information content (AvgIpc) is 2.63. The minimum absolute atomic E-state index is 0.0545. The minimum Gasteiger partial charge on any atom is -0.366 e. The van der Waals surface area contributed by atoms with Crippen LogP contribution < -0.4 is 5.32 Å². The van der Waals surface area contributed by atoms with Crippen molar-refractivity contribution < 1.29 is 9.53 Å². The van der Waals surface area contributed by atoms with Crippen molar-refractivity contribution in [2.75, 3.05) is 6.54 Å². The molecule has 0 aliphatic heterocycles. The summed E-state index contributed by atoms with van der Waals surface area (Å²) in [6, 6.07) is 0. The fraction of sp³-hybridized carbons (Fsp3) is 0.733. The minimum atomic E-state index is -0.415. The summed E-state index contributed by atoms with van der Waals surface area (Å²) in [5, 5.41) is 7.39. The summed E-state index contributed by atoms with van der Waals surface area (Å²) in [6.07, 6.45) is 0.629. The molecule has 1 aromatic rings. The lowest BCUT2D eigenvalue weighted by Crippen LogP contribution is -2.37. The molecule has 0 radical (unpaired) electrons. The van der Waals surface area contributed by atoms with Gasteiger partial charge >= 0.3 is 0 Å². The molecule has 20 heavy (non-hydrogen) atoms. The van der Waals surface area contributed by atoms with E-state index in [9.17, 15) is 4.79 Å². The predicted octanol–water partition coefficient (Wildman–Crippen LogP) is 1.99. The maximum Gasteiger partial charge on any atom is 0.248 e. The van der Waals surface area contributed by atoms with Crippen LogP contribution in [0.3, 0.4) is 0 Å². The smallest absolute Gasteiger partial charge is 0.248 e. The SMILES string of the molecule is CCc1c(C)nn(CCNC(=O)[C@H](C)OC(C)C)c1C. The topological polar surface area (TPSA) is 56.2 Å². The average molecular weight is 281 g/mol. The highest BCUT2D eigenvalue weighted by Gasteiger charge is 2.14. The lowest BCUT2D eigenvalue weighted by molar-refractivity contribution is -0.134. The van der Waals surface area contributed by atoms with E-state index in [2.05, 4.69) is 24.3 Å². The van der Waals surface area contributed by atoms with Crippen LogP contribution in [0.5, 0.6) is 0 Å². The molecular weight excluding hydrogens is 254 g/mol.